The van der Waals surface area contributed by atoms with Crippen LogP contribution >= 0.6 is 22.7 Å². The fourth-order valence-electron chi connectivity index (χ4n) is 1.61. The highest BCUT2D eigenvalue weighted by atomic mass is 32.1. The summed E-state index contributed by atoms with van der Waals surface area (Å²) in [7, 11) is 0. The first-order valence-electron chi connectivity index (χ1n) is 6.08. The lowest BCUT2D eigenvalue weighted by Crippen LogP contribution is -2.17. The Balaban J connectivity index is 1.98. The smallest absolute Gasteiger partial charge is 0.267 e. The van der Waals surface area contributed by atoms with Gasteiger partial charge in [0.2, 0.25) is 0 Å². The van der Waals surface area contributed by atoms with Crippen LogP contribution in [0.3, 0.4) is 0 Å². The second kappa shape index (κ2) is 6.12. The van der Waals surface area contributed by atoms with E-state index < -0.39 is 0 Å². The van der Waals surface area contributed by atoms with Gasteiger partial charge in [0.15, 0.2) is 0 Å². The fourth-order valence-corrected chi connectivity index (χ4v) is 3.30. The Morgan fingerprint density at radius 3 is 2.79 bits per heavy atom. The highest BCUT2D eigenvalue weighted by Gasteiger charge is 2.11. The van der Waals surface area contributed by atoms with E-state index in [9.17, 15) is 4.79 Å². The van der Waals surface area contributed by atoms with Crippen LogP contribution in [-0.4, -0.2) is 12.1 Å². The minimum Gasteiger partial charge on any atom is -0.267 e. The summed E-state index contributed by atoms with van der Waals surface area (Å²) in [6.07, 6.45) is 2.72. The zero-order valence-electron chi connectivity index (χ0n) is 11.2. The van der Waals surface area contributed by atoms with E-state index in [-0.39, 0.29) is 5.91 Å². The Kier molecular flexibility index (Phi) is 4.50. The molecule has 0 saturated heterocycles. The molecule has 5 heteroatoms. The van der Waals surface area contributed by atoms with E-state index in [2.05, 4.69) is 23.5 Å². The Hall–Kier alpha value is -1.46. The van der Waals surface area contributed by atoms with Crippen molar-refractivity contribution < 1.29 is 4.79 Å². The monoisotopic (exact) mass is 292 g/mol. The first kappa shape index (κ1) is 14.0. The van der Waals surface area contributed by atoms with Gasteiger partial charge in [-0.1, -0.05) is 6.92 Å². The zero-order chi connectivity index (χ0) is 13.8. The minimum atomic E-state index is -0.148. The lowest BCUT2D eigenvalue weighted by atomic mass is 10.2. The average molecular weight is 292 g/mol. The highest BCUT2D eigenvalue weighted by Crippen LogP contribution is 2.20. The maximum absolute atomic E-state index is 11.9. The molecule has 2 aromatic heterocycles. The van der Waals surface area contributed by atoms with Crippen LogP contribution in [0.1, 0.15) is 37.5 Å². The molecular formula is C14H16N2OS2. The molecule has 0 unspecified atom stereocenters. The van der Waals surface area contributed by atoms with Gasteiger partial charge in [0, 0.05) is 20.0 Å². The number of carbonyl (C=O) groups excluding carboxylic acids is 1. The molecule has 0 aliphatic heterocycles. The number of hydrogen-bond acceptors (Lipinski definition) is 4. The molecule has 0 aliphatic rings. The van der Waals surface area contributed by atoms with Gasteiger partial charge in [0.05, 0.1) is 11.8 Å². The Bertz CT molecular complexity index is 611. The number of aryl methyl sites for hydroxylation is 2. The maximum Gasteiger partial charge on any atom is 0.272 e. The highest BCUT2D eigenvalue weighted by molar-refractivity contribution is 7.13. The summed E-state index contributed by atoms with van der Waals surface area (Å²) in [5, 5.41) is 5.88. The van der Waals surface area contributed by atoms with Crippen molar-refractivity contribution in [2.24, 2.45) is 5.10 Å². The molecule has 100 valence electrons. The first-order valence-corrected chi connectivity index (χ1v) is 7.78. The molecule has 0 radical (unpaired) electrons. The Morgan fingerprint density at radius 2 is 2.21 bits per heavy atom. The number of thiophene rings is 2. The van der Waals surface area contributed by atoms with Crippen LogP contribution in [0.2, 0.25) is 0 Å². The molecule has 2 rings (SSSR count). The summed E-state index contributed by atoms with van der Waals surface area (Å²) in [6, 6.07) is 4.10. The van der Waals surface area contributed by atoms with E-state index in [0.29, 0.717) is 5.56 Å². The maximum atomic E-state index is 11.9. The molecule has 2 aromatic rings. The summed E-state index contributed by atoms with van der Waals surface area (Å²) in [4.78, 5) is 15.5. The summed E-state index contributed by atoms with van der Waals surface area (Å²) >= 11 is 3.27. The van der Waals surface area contributed by atoms with E-state index in [4.69, 9.17) is 0 Å². The van der Waals surface area contributed by atoms with Gasteiger partial charge in [0.1, 0.15) is 0 Å². The summed E-state index contributed by atoms with van der Waals surface area (Å²) in [5.41, 5.74) is 4.31. The predicted octanol–water partition coefficient (Wildman–Crippen LogP) is 3.75. The number of rotatable bonds is 4. The van der Waals surface area contributed by atoms with Gasteiger partial charge in [0.25, 0.3) is 5.91 Å². The molecular weight excluding hydrogens is 276 g/mol. The first-order chi connectivity index (χ1) is 9.11. The molecule has 0 spiro atoms. The van der Waals surface area contributed by atoms with Gasteiger partial charge >= 0.3 is 0 Å². The third-order valence-electron chi connectivity index (χ3n) is 2.92. The molecule has 0 bridgehead atoms. The van der Waals surface area contributed by atoms with E-state index in [1.807, 2.05) is 25.3 Å². The standard InChI is InChI=1S/C14H16N2OS2/c1-4-11-5-6-12(19-11)7-15-16-14(17)13-8-18-10(3)9(13)2/h5-8H,4H2,1-3H3,(H,16,17)/b15-7+. The summed E-state index contributed by atoms with van der Waals surface area (Å²) < 4.78 is 0. The SMILES string of the molecule is CCc1ccc(/C=N/NC(=O)c2csc(C)c2C)s1. The van der Waals surface area contributed by atoms with Crippen molar-refractivity contribution in [1.29, 1.82) is 0 Å². The molecule has 0 saturated carbocycles. The van der Waals surface area contributed by atoms with E-state index in [0.717, 1.165) is 16.9 Å². The molecule has 19 heavy (non-hydrogen) atoms. The van der Waals surface area contributed by atoms with Crippen LogP contribution in [0.25, 0.3) is 0 Å². The Morgan fingerprint density at radius 1 is 1.42 bits per heavy atom. The molecule has 1 N–H and O–H groups in total. The van der Waals surface area contributed by atoms with E-state index in [1.165, 1.54) is 9.75 Å². The van der Waals surface area contributed by atoms with Gasteiger partial charge in [-0.3, -0.25) is 4.79 Å². The molecule has 0 aliphatic carbocycles. The van der Waals surface area contributed by atoms with Gasteiger partial charge in [-0.2, -0.15) is 5.10 Å². The Labute approximate surface area is 121 Å². The van der Waals surface area contributed by atoms with Crippen molar-refractivity contribution in [3.8, 4) is 0 Å². The van der Waals surface area contributed by atoms with Gasteiger partial charge in [-0.05, 0) is 38.0 Å². The number of nitrogens with zero attached hydrogens (tertiary/aromatic N) is 1. The van der Waals surface area contributed by atoms with Gasteiger partial charge < -0.3 is 0 Å². The van der Waals surface area contributed by atoms with Gasteiger partial charge in [-0.25, -0.2) is 5.43 Å². The number of nitrogens with one attached hydrogen (secondary N) is 1. The average Bonchev–Trinajstić information content (AvgIpc) is 2.98. The van der Waals surface area contributed by atoms with Crippen LogP contribution in [0.4, 0.5) is 0 Å². The van der Waals surface area contributed by atoms with Crippen LogP contribution in [0.5, 0.6) is 0 Å². The van der Waals surface area contributed by atoms with Crippen molar-refractivity contribution in [2.45, 2.75) is 27.2 Å². The third-order valence-corrected chi connectivity index (χ3v) is 5.10. The van der Waals surface area contributed by atoms with Crippen molar-refractivity contribution in [1.82, 2.24) is 5.43 Å². The molecule has 2 heterocycles. The van der Waals surface area contributed by atoms with E-state index >= 15 is 0 Å². The zero-order valence-corrected chi connectivity index (χ0v) is 12.8. The lowest BCUT2D eigenvalue weighted by molar-refractivity contribution is 0.0955. The molecule has 1 amide bonds. The summed E-state index contributed by atoms with van der Waals surface area (Å²) in [5.74, 6) is -0.148. The molecule has 3 nitrogen and oxygen atoms in total. The number of carbonyl (C=O) groups is 1. The molecule has 0 atom stereocenters. The largest absolute Gasteiger partial charge is 0.272 e. The predicted molar refractivity (Wildman–Crippen MR) is 82.6 cm³/mol. The van der Waals surface area contributed by atoms with Crippen molar-refractivity contribution in [2.75, 3.05) is 0 Å². The van der Waals surface area contributed by atoms with Crippen LogP contribution < -0.4 is 5.43 Å². The number of hydrazone groups is 1. The number of hydrogen-bond donors (Lipinski definition) is 1. The van der Waals surface area contributed by atoms with Gasteiger partial charge in [-0.15, -0.1) is 22.7 Å². The number of amides is 1. The van der Waals surface area contributed by atoms with E-state index in [1.54, 1.807) is 28.9 Å². The summed E-state index contributed by atoms with van der Waals surface area (Å²) in [6.45, 7) is 6.09. The second-order valence-electron chi connectivity index (χ2n) is 4.19. The molecule has 0 aromatic carbocycles. The fraction of sp³-hybridized carbons (Fsp3) is 0.286. The van der Waals surface area contributed by atoms with Crippen LogP contribution in [0, 0.1) is 13.8 Å². The third kappa shape index (κ3) is 3.30. The minimum absolute atomic E-state index is 0.148. The van der Waals surface area contributed by atoms with Crippen molar-refractivity contribution in [3.05, 3.63) is 43.3 Å². The van der Waals surface area contributed by atoms with Crippen LogP contribution in [-0.2, 0) is 6.42 Å². The lowest BCUT2D eigenvalue weighted by Gasteiger charge is -1.98. The normalized spacial score (nSPS) is 11.1. The van der Waals surface area contributed by atoms with Crippen molar-refractivity contribution >= 4 is 34.8 Å². The second-order valence-corrected chi connectivity index (χ2v) is 6.47. The van der Waals surface area contributed by atoms with Crippen LogP contribution in [0.15, 0.2) is 22.6 Å². The molecule has 0 fully saturated rings. The topological polar surface area (TPSA) is 41.5 Å². The van der Waals surface area contributed by atoms with Crippen molar-refractivity contribution in [3.63, 3.8) is 0 Å². The quantitative estimate of drug-likeness (QED) is 0.676.